The summed E-state index contributed by atoms with van der Waals surface area (Å²) >= 11 is 0. The largest absolute Gasteiger partial charge is 0.339 e. The second kappa shape index (κ2) is 10.3. The van der Waals surface area contributed by atoms with E-state index < -0.39 is 33.7 Å². The molecule has 0 unspecified atom stereocenters. The Hall–Kier alpha value is -3.05. The normalized spacial score (nSPS) is 15.3. The second-order valence-corrected chi connectivity index (χ2v) is 9.68. The standard InChI is InChI=1S/C22H26F2N4O4S/c1-15-2-6-19(7-3-15)33(31,32)26-22(30)28-10-8-27(9-11-28)21(29)14-18(25)12-16-4-5-17(23)13-20(16)24/h2-7,13,18H,8-12,14,25H2,1H3,(H,26,30)/t18-/m1/s1. The van der Waals surface area contributed by atoms with Gasteiger partial charge in [0.15, 0.2) is 0 Å². The van der Waals surface area contributed by atoms with Gasteiger partial charge in [-0.05, 0) is 37.1 Å². The van der Waals surface area contributed by atoms with Gasteiger partial charge in [0.2, 0.25) is 5.91 Å². The molecule has 0 bridgehead atoms. The lowest BCUT2D eigenvalue weighted by Crippen LogP contribution is -2.54. The van der Waals surface area contributed by atoms with Crippen molar-refractivity contribution in [1.82, 2.24) is 14.5 Å². The Kier molecular flexibility index (Phi) is 7.65. The van der Waals surface area contributed by atoms with Crippen LogP contribution in [0.5, 0.6) is 0 Å². The van der Waals surface area contributed by atoms with Crippen molar-refractivity contribution in [3.8, 4) is 0 Å². The van der Waals surface area contributed by atoms with Gasteiger partial charge in [-0.15, -0.1) is 0 Å². The van der Waals surface area contributed by atoms with Crippen LogP contribution < -0.4 is 10.5 Å². The fraction of sp³-hybridized carbons (Fsp3) is 0.364. The Balaban J connectivity index is 1.48. The molecular weight excluding hydrogens is 454 g/mol. The van der Waals surface area contributed by atoms with E-state index in [1.54, 1.807) is 12.1 Å². The molecule has 1 saturated heterocycles. The summed E-state index contributed by atoms with van der Waals surface area (Å²) in [5.41, 5.74) is 7.10. The third-order valence-electron chi connectivity index (χ3n) is 5.41. The molecule has 0 aromatic heterocycles. The van der Waals surface area contributed by atoms with Crippen molar-refractivity contribution < 1.29 is 26.8 Å². The molecule has 178 valence electrons. The van der Waals surface area contributed by atoms with Gasteiger partial charge in [0.25, 0.3) is 10.0 Å². The first-order valence-electron chi connectivity index (χ1n) is 10.4. The van der Waals surface area contributed by atoms with E-state index in [0.29, 0.717) is 0 Å². The maximum absolute atomic E-state index is 13.8. The minimum Gasteiger partial charge on any atom is -0.339 e. The minimum absolute atomic E-state index is 0.0122. The highest BCUT2D eigenvalue weighted by atomic mass is 32.2. The molecule has 0 aliphatic carbocycles. The lowest BCUT2D eigenvalue weighted by atomic mass is 10.0. The van der Waals surface area contributed by atoms with Crippen molar-refractivity contribution in [1.29, 1.82) is 0 Å². The van der Waals surface area contributed by atoms with Gasteiger partial charge in [-0.1, -0.05) is 23.8 Å². The number of hydrogen-bond acceptors (Lipinski definition) is 5. The van der Waals surface area contributed by atoms with Gasteiger partial charge in [0.1, 0.15) is 11.6 Å². The van der Waals surface area contributed by atoms with E-state index in [0.717, 1.165) is 17.7 Å². The van der Waals surface area contributed by atoms with Crippen LogP contribution in [0.2, 0.25) is 0 Å². The minimum atomic E-state index is -4.00. The molecule has 33 heavy (non-hydrogen) atoms. The quantitative estimate of drug-likeness (QED) is 0.655. The van der Waals surface area contributed by atoms with Gasteiger partial charge in [-0.2, -0.15) is 0 Å². The molecular formula is C22H26F2N4O4S. The average Bonchev–Trinajstić information content (AvgIpc) is 2.76. The van der Waals surface area contributed by atoms with E-state index in [-0.39, 0.29) is 55.4 Å². The van der Waals surface area contributed by atoms with Gasteiger partial charge in [-0.25, -0.2) is 26.7 Å². The Labute approximate surface area is 191 Å². The Bertz CT molecular complexity index is 1120. The molecule has 1 aliphatic heterocycles. The van der Waals surface area contributed by atoms with Crippen LogP contribution in [0, 0.1) is 18.6 Å². The summed E-state index contributed by atoms with van der Waals surface area (Å²) in [6, 6.07) is 7.91. The maximum Gasteiger partial charge on any atom is 0.331 e. The van der Waals surface area contributed by atoms with E-state index in [1.165, 1.54) is 28.0 Å². The van der Waals surface area contributed by atoms with Crippen LogP contribution in [-0.2, 0) is 21.2 Å². The van der Waals surface area contributed by atoms with Crippen molar-refractivity contribution >= 4 is 22.0 Å². The van der Waals surface area contributed by atoms with Crippen LogP contribution in [0.25, 0.3) is 0 Å². The number of hydrogen-bond donors (Lipinski definition) is 2. The third-order valence-corrected chi connectivity index (χ3v) is 6.74. The molecule has 0 radical (unpaired) electrons. The van der Waals surface area contributed by atoms with Crippen LogP contribution in [0.3, 0.4) is 0 Å². The highest BCUT2D eigenvalue weighted by molar-refractivity contribution is 7.90. The molecule has 2 aromatic rings. The van der Waals surface area contributed by atoms with Crippen molar-refractivity contribution in [2.24, 2.45) is 5.73 Å². The van der Waals surface area contributed by atoms with Gasteiger partial charge >= 0.3 is 6.03 Å². The molecule has 1 aliphatic rings. The summed E-state index contributed by atoms with van der Waals surface area (Å²) in [5, 5.41) is 0. The van der Waals surface area contributed by atoms with E-state index in [1.807, 2.05) is 11.6 Å². The fourth-order valence-electron chi connectivity index (χ4n) is 3.51. The Morgan fingerprint density at radius 2 is 1.64 bits per heavy atom. The third kappa shape index (κ3) is 6.48. The highest BCUT2D eigenvalue weighted by Crippen LogP contribution is 2.14. The number of sulfonamides is 1. The van der Waals surface area contributed by atoms with Crippen LogP contribution in [0.1, 0.15) is 17.5 Å². The number of rotatable bonds is 6. The average molecular weight is 481 g/mol. The monoisotopic (exact) mass is 480 g/mol. The van der Waals surface area contributed by atoms with E-state index in [9.17, 15) is 26.8 Å². The van der Waals surface area contributed by atoms with Gasteiger partial charge < -0.3 is 15.5 Å². The van der Waals surface area contributed by atoms with E-state index >= 15 is 0 Å². The summed E-state index contributed by atoms with van der Waals surface area (Å²) in [6.07, 6.45) is 0.0436. The molecule has 0 spiro atoms. The van der Waals surface area contributed by atoms with E-state index in [4.69, 9.17) is 5.73 Å². The topological polar surface area (TPSA) is 113 Å². The predicted molar refractivity (Wildman–Crippen MR) is 118 cm³/mol. The number of nitrogens with one attached hydrogen (secondary N) is 1. The first-order valence-corrected chi connectivity index (χ1v) is 11.9. The molecule has 11 heteroatoms. The number of urea groups is 1. The van der Waals surface area contributed by atoms with Gasteiger partial charge in [-0.3, -0.25) is 4.79 Å². The molecule has 8 nitrogen and oxygen atoms in total. The number of benzene rings is 2. The lowest BCUT2D eigenvalue weighted by Gasteiger charge is -2.35. The second-order valence-electron chi connectivity index (χ2n) is 8.00. The smallest absolute Gasteiger partial charge is 0.331 e. The molecule has 1 atom stereocenters. The SMILES string of the molecule is Cc1ccc(S(=O)(=O)NC(=O)N2CCN(C(=O)C[C@H](N)Cc3ccc(F)cc3F)CC2)cc1. The predicted octanol–water partition coefficient (Wildman–Crippen LogP) is 1.78. The fourth-order valence-corrected chi connectivity index (χ4v) is 4.48. The number of nitrogens with two attached hydrogens (primary N) is 1. The van der Waals surface area contributed by atoms with Crippen LogP contribution in [0.15, 0.2) is 47.4 Å². The van der Waals surface area contributed by atoms with Crippen LogP contribution in [-0.4, -0.2) is 62.4 Å². The number of nitrogens with zero attached hydrogens (tertiary/aromatic N) is 2. The lowest BCUT2D eigenvalue weighted by molar-refractivity contribution is -0.132. The highest BCUT2D eigenvalue weighted by Gasteiger charge is 2.28. The molecule has 3 amide bonds. The summed E-state index contributed by atoms with van der Waals surface area (Å²) in [7, 11) is -4.00. The van der Waals surface area contributed by atoms with Gasteiger partial charge in [0.05, 0.1) is 4.90 Å². The molecule has 3 N–H and O–H groups in total. The van der Waals surface area contributed by atoms with Crippen molar-refractivity contribution in [3.63, 3.8) is 0 Å². The number of piperazine rings is 1. The number of carbonyl (C=O) groups is 2. The first kappa shape index (κ1) is 24.6. The number of carbonyl (C=O) groups excluding carboxylic acids is 2. The zero-order valence-electron chi connectivity index (χ0n) is 18.1. The zero-order valence-corrected chi connectivity index (χ0v) is 18.9. The van der Waals surface area contributed by atoms with Crippen molar-refractivity contribution in [2.75, 3.05) is 26.2 Å². The van der Waals surface area contributed by atoms with Crippen molar-refractivity contribution in [3.05, 3.63) is 65.2 Å². The van der Waals surface area contributed by atoms with Crippen molar-refractivity contribution in [2.45, 2.75) is 30.7 Å². The Morgan fingerprint density at radius 1 is 1.03 bits per heavy atom. The van der Waals surface area contributed by atoms with E-state index in [2.05, 4.69) is 0 Å². The molecule has 3 rings (SSSR count). The number of aryl methyl sites for hydroxylation is 1. The van der Waals surface area contributed by atoms with Crippen LogP contribution >= 0.6 is 0 Å². The summed E-state index contributed by atoms with van der Waals surface area (Å²) in [5.74, 6) is -1.65. The summed E-state index contributed by atoms with van der Waals surface area (Å²) in [4.78, 5) is 27.8. The Morgan fingerprint density at radius 3 is 2.24 bits per heavy atom. The summed E-state index contributed by atoms with van der Waals surface area (Å²) < 4.78 is 53.7. The van der Waals surface area contributed by atoms with Gasteiger partial charge in [0, 0.05) is 44.7 Å². The molecule has 1 heterocycles. The zero-order chi connectivity index (χ0) is 24.2. The number of halogens is 2. The molecule has 2 aromatic carbocycles. The maximum atomic E-state index is 13.8. The van der Waals surface area contributed by atoms with Crippen LogP contribution in [0.4, 0.5) is 13.6 Å². The number of amides is 3. The first-order chi connectivity index (χ1) is 15.5. The molecule has 1 fully saturated rings. The molecule has 0 saturated carbocycles. The summed E-state index contributed by atoms with van der Waals surface area (Å²) in [6.45, 7) is 2.57.